The number of nitro groups is 1. The first kappa shape index (κ1) is 9.85. The summed E-state index contributed by atoms with van der Waals surface area (Å²) >= 11 is 4.07. The average Bonchev–Trinajstić information content (AvgIpc) is 2.08. The Bertz CT molecular complexity index is 327. The molecule has 0 aromatic heterocycles. The lowest BCUT2D eigenvalue weighted by atomic mass is 10.3. The number of hydrogen-bond donors (Lipinski definition) is 1. The molecule has 70 valence electrons. The fourth-order valence-electron chi connectivity index (χ4n) is 0.949. The second-order valence-electron chi connectivity index (χ2n) is 2.32. The Morgan fingerprint density at radius 2 is 2.31 bits per heavy atom. The summed E-state index contributed by atoms with van der Waals surface area (Å²) in [6.45, 7) is 2.16. The SMILES string of the molecule is CCOc1c(S)cccc1[N+](=O)[O-]. The molecular formula is C8H9NO3S. The highest BCUT2D eigenvalue weighted by molar-refractivity contribution is 7.80. The van der Waals surface area contributed by atoms with Gasteiger partial charge in [-0.2, -0.15) is 0 Å². The Hall–Kier alpha value is -1.23. The van der Waals surface area contributed by atoms with Gasteiger partial charge in [0.25, 0.3) is 0 Å². The summed E-state index contributed by atoms with van der Waals surface area (Å²) in [6, 6.07) is 4.62. The Morgan fingerprint density at radius 1 is 1.62 bits per heavy atom. The van der Waals surface area contributed by atoms with Crippen molar-refractivity contribution in [2.45, 2.75) is 11.8 Å². The zero-order chi connectivity index (χ0) is 9.84. The molecule has 1 aromatic carbocycles. The number of para-hydroxylation sites is 1. The van der Waals surface area contributed by atoms with Crippen LogP contribution >= 0.6 is 12.6 Å². The highest BCUT2D eigenvalue weighted by Crippen LogP contribution is 2.32. The number of nitrogens with zero attached hydrogens (tertiary/aromatic N) is 1. The topological polar surface area (TPSA) is 52.4 Å². The summed E-state index contributed by atoms with van der Waals surface area (Å²) in [5.74, 6) is 0.235. The van der Waals surface area contributed by atoms with Crippen molar-refractivity contribution in [3.8, 4) is 5.75 Å². The van der Waals surface area contributed by atoms with Crippen LogP contribution in [0.2, 0.25) is 0 Å². The smallest absolute Gasteiger partial charge is 0.312 e. The number of thiol groups is 1. The van der Waals surface area contributed by atoms with Crippen molar-refractivity contribution in [3.63, 3.8) is 0 Å². The van der Waals surface area contributed by atoms with Crippen LogP contribution in [0.5, 0.6) is 5.75 Å². The van der Waals surface area contributed by atoms with Crippen LogP contribution in [0.4, 0.5) is 5.69 Å². The van der Waals surface area contributed by atoms with Crippen LogP contribution in [0.25, 0.3) is 0 Å². The summed E-state index contributed by atoms with van der Waals surface area (Å²) in [6.07, 6.45) is 0. The van der Waals surface area contributed by atoms with Crippen molar-refractivity contribution in [1.82, 2.24) is 0 Å². The molecule has 1 rings (SSSR count). The molecule has 5 heteroatoms. The minimum absolute atomic E-state index is 0.0469. The molecular weight excluding hydrogens is 190 g/mol. The number of benzene rings is 1. The Morgan fingerprint density at radius 3 is 2.85 bits per heavy atom. The van der Waals surface area contributed by atoms with Gasteiger partial charge in [-0.15, -0.1) is 12.6 Å². The fraction of sp³-hybridized carbons (Fsp3) is 0.250. The van der Waals surface area contributed by atoms with E-state index in [4.69, 9.17) is 4.74 Å². The van der Waals surface area contributed by atoms with E-state index in [-0.39, 0.29) is 11.4 Å². The van der Waals surface area contributed by atoms with Crippen LogP contribution in [0.3, 0.4) is 0 Å². The van der Waals surface area contributed by atoms with Gasteiger partial charge in [-0.05, 0) is 13.0 Å². The van der Waals surface area contributed by atoms with E-state index >= 15 is 0 Å². The average molecular weight is 199 g/mol. The van der Waals surface area contributed by atoms with Crippen molar-refractivity contribution in [3.05, 3.63) is 28.3 Å². The van der Waals surface area contributed by atoms with Gasteiger partial charge in [-0.25, -0.2) is 0 Å². The quantitative estimate of drug-likeness (QED) is 0.461. The zero-order valence-electron chi connectivity index (χ0n) is 7.06. The molecule has 0 aliphatic rings. The Kier molecular flexibility index (Phi) is 3.13. The Labute approximate surface area is 81.1 Å². The monoisotopic (exact) mass is 199 g/mol. The molecule has 13 heavy (non-hydrogen) atoms. The minimum atomic E-state index is -0.481. The summed E-state index contributed by atoms with van der Waals surface area (Å²) in [4.78, 5) is 10.5. The third-order valence-electron chi connectivity index (χ3n) is 1.46. The van der Waals surface area contributed by atoms with E-state index in [9.17, 15) is 10.1 Å². The van der Waals surface area contributed by atoms with Crippen LogP contribution in [0.1, 0.15) is 6.92 Å². The summed E-state index contributed by atoms with van der Waals surface area (Å²) in [7, 11) is 0. The predicted molar refractivity (Wildman–Crippen MR) is 51.5 cm³/mol. The van der Waals surface area contributed by atoms with E-state index in [1.807, 2.05) is 0 Å². The molecule has 0 spiro atoms. The van der Waals surface area contributed by atoms with E-state index in [0.717, 1.165) is 0 Å². The van der Waals surface area contributed by atoms with E-state index in [1.54, 1.807) is 19.1 Å². The van der Waals surface area contributed by atoms with Crippen molar-refractivity contribution in [2.75, 3.05) is 6.61 Å². The lowest BCUT2D eigenvalue weighted by Crippen LogP contribution is -1.98. The van der Waals surface area contributed by atoms with Gasteiger partial charge in [0.1, 0.15) is 0 Å². The van der Waals surface area contributed by atoms with Gasteiger partial charge in [-0.3, -0.25) is 10.1 Å². The van der Waals surface area contributed by atoms with Gasteiger partial charge >= 0.3 is 5.69 Å². The first-order valence-electron chi connectivity index (χ1n) is 3.76. The molecule has 0 fully saturated rings. The van der Waals surface area contributed by atoms with Crippen molar-refractivity contribution in [1.29, 1.82) is 0 Å². The first-order valence-corrected chi connectivity index (χ1v) is 4.20. The zero-order valence-corrected chi connectivity index (χ0v) is 7.95. The van der Waals surface area contributed by atoms with Gasteiger partial charge in [0.2, 0.25) is 5.75 Å². The van der Waals surface area contributed by atoms with Gasteiger partial charge in [0.05, 0.1) is 16.4 Å². The normalized spacial score (nSPS) is 9.69. The molecule has 0 saturated heterocycles. The summed E-state index contributed by atoms with van der Waals surface area (Å²) < 4.78 is 5.11. The maximum Gasteiger partial charge on any atom is 0.312 e. The van der Waals surface area contributed by atoms with Gasteiger partial charge < -0.3 is 4.74 Å². The second kappa shape index (κ2) is 4.13. The lowest BCUT2D eigenvalue weighted by molar-refractivity contribution is -0.386. The molecule has 0 aliphatic carbocycles. The minimum Gasteiger partial charge on any atom is -0.486 e. The maximum atomic E-state index is 10.5. The van der Waals surface area contributed by atoms with Crippen LogP contribution in [0, 0.1) is 10.1 Å². The number of hydrogen-bond acceptors (Lipinski definition) is 4. The van der Waals surface area contributed by atoms with Crippen LogP contribution in [-0.4, -0.2) is 11.5 Å². The highest BCUT2D eigenvalue weighted by Gasteiger charge is 2.16. The molecule has 0 radical (unpaired) electrons. The fourth-order valence-corrected chi connectivity index (χ4v) is 1.21. The lowest BCUT2D eigenvalue weighted by Gasteiger charge is -2.05. The van der Waals surface area contributed by atoms with Gasteiger partial charge in [0.15, 0.2) is 0 Å². The number of nitro benzene ring substituents is 1. The van der Waals surface area contributed by atoms with E-state index in [2.05, 4.69) is 12.6 Å². The van der Waals surface area contributed by atoms with Crippen molar-refractivity contribution >= 4 is 18.3 Å². The van der Waals surface area contributed by atoms with Crippen LogP contribution in [0.15, 0.2) is 23.1 Å². The highest BCUT2D eigenvalue weighted by atomic mass is 32.1. The molecule has 0 saturated carbocycles. The van der Waals surface area contributed by atoms with E-state index < -0.39 is 4.92 Å². The van der Waals surface area contributed by atoms with Crippen molar-refractivity contribution in [2.24, 2.45) is 0 Å². The molecule has 0 aliphatic heterocycles. The molecule has 4 nitrogen and oxygen atoms in total. The van der Waals surface area contributed by atoms with Gasteiger partial charge in [-0.1, -0.05) is 6.07 Å². The molecule has 0 N–H and O–H groups in total. The number of ether oxygens (including phenoxy) is 1. The molecule has 0 unspecified atom stereocenters. The number of rotatable bonds is 3. The predicted octanol–water partition coefficient (Wildman–Crippen LogP) is 2.28. The summed E-state index contributed by atoms with van der Waals surface area (Å²) in [5.41, 5.74) is -0.0469. The van der Waals surface area contributed by atoms with Gasteiger partial charge in [0, 0.05) is 6.07 Å². The molecule has 0 amide bonds. The van der Waals surface area contributed by atoms with E-state index in [0.29, 0.717) is 11.5 Å². The molecule has 0 bridgehead atoms. The Balaban J connectivity index is 3.17. The standard InChI is InChI=1S/C8H9NO3S/c1-2-12-8-6(9(10)11)4-3-5-7(8)13/h3-5,13H,2H2,1H3. The second-order valence-corrected chi connectivity index (χ2v) is 2.80. The van der Waals surface area contributed by atoms with Crippen LogP contribution < -0.4 is 4.74 Å². The van der Waals surface area contributed by atoms with Crippen molar-refractivity contribution < 1.29 is 9.66 Å². The first-order chi connectivity index (χ1) is 6.16. The molecule has 0 atom stereocenters. The molecule has 1 aromatic rings. The third kappa shape index (κ3) is 2.12. The molecule has 0 heterocycles. The maximum absolute atomic E-state index is 10.5. The van der Waals surface area contributed by atoms with E-state index in [1.165, 1.54) is 6.07 Å². The summed E-state index contributed by atoms with van der Waals surface area (Å²) in [5, 5.41) is 10.5. The largest absolute Gasteiger partial charge is 0.486 e. The third-order valence-corrected chi connectivity index (χ3v) is 1.81. The van der Waals surface area contributed by atoms with Crippen LogP contribution in [-0.2, 0) is 0 Å².